The fourth-order valence-electron chi connectivity index (χ4n) is 2.22. The Labute approximate surface area is 101 Å². The maximum absolute atomic E-state index is 11.6. The molecular weight excluding hydrogens is 214 g/mol. The molecule has 0 spiro atoms. The van der Waals surface area contributed by atoms with Crippen molar-refractivity contribution in [2.24, 2.45) is 5.73 Å². The first kappa shape index (κ1) is 11.7. The predicted octanol–water partition coefficient (Wildman–Crippen LogP) is 2.20. The van der Waals surface area contributed by atoms with Crippen molar-refractivity contribution < 1.29 is 9.53 Å². The molecule has 0 aromatic heterocycles. The summed E-state index contributed by atoms with van der Waals surface area (Å²) >= 11 is 0. The maximum Gasteiger partial charge on any atom is 0.160 e. The first-order valence-corrected chi connectivity index (χ1v) is 5.85. The molecule has 1 fully saturated rings. The number of carbonyl (C=O) groups excluding carboxylic acids is 1. The Balaban J connectivity index is 2.23. The minimum atomic E-state index is 0.206. The third kappa shape index (κ3) is 2.49. The Bertz CT molecular complexity index is 463. The SMILES string of the molecule is COc1ccccc1C/C(N)=C1\CCCC1=O. The van der Waals surface area contributed by atoms with Gasteiger partial charge in [0.05, 0.1) is 7.11 Å². The quantitative estimate of drug-likeness (QED) is 0.811. The molecule has 0 amide bonds. The zero-order valence-corrected chi connectivity index (χ0v) is 10.0. The molecule has 1 aliphatic rings. The summed E-state index contributed by atoms with van der Waals surface area (Å²) in [5.41, 5.74) is 8.56. The van der Waals surface area contributed by atoms with Gasteiger partial charge in [0.1, 0.15) is 5.75 Å². The number of ether oxygens (including phenoxy) is 1. The van der Waals surface area contributed by atoms with Gasteiger partial charge in [0.2, 0.25) is 0 Å². The normalized spacial score (nSPS) is 18.3. The third-order valence-electron chi connectivity index (χ3n) is 3.13. The van der Waals surface area contributed by atoms with Crippen LogP contribution in [0.4, 0.5) is 0 Å². The molecule has 1 aromatic rings. The summed E-state index contributed by atoms with van der Waals surface area (Å²) < 4.78 is 5.27. The smallest absolute Gasteiger partial charge is 0.160 e. The number of hydrogen-bond acceptors (Lipinski definition) is 3. The van der Waals surface area contributed by atoms with Crippen molar-refractivity contribution in [2.45, 2.75) is 25.7 Å². The van der Waals surface area contributed by atoms with E-state index in [1.54, 1.807) is 7.11 Å². The van der Waals surface area contributed by atoms with E-state index in [0.29, 0.717) is 18.5 Å². The molecular formula is C14H17NO2. The number of para-hydroxylation sites is 1. The number of Topliss-reactive ketones (excluding diaryl/α,β-unsaturated/α-hetero) is 1. The van der Waals surface area contributed by atoms with E-state index in [0.717, 1.165) is 29.7 Å². The van der Waals surface area contributed by atoms with Crippen molar-refractivity contribution in [3.63, 3.8) is 0 Å². The number of nitrogens with two attached hydrogens (primary N) is 1. The van der Waals surface area contributed by atoms with Gasteiger partial charge in [-0.3, -0.25) is 4.79 Å². The van der Waals surface area contributed by atoms with Gasteiger partial charge < -0.3 is 10.5 Å². The fourth-order valence-corrected chi connectivity index (χ4v) is 2.22. The number of benzene rings is 1. The average molecular weight is 231 g/mol. The molecule has 0 bridgehead atoms. The minimum absolute atomic E-state index is 0.206. The van der Waals surface area contributed by atoms with Crippen LogP contribution < -0.4 is 10.5 Å². The van der Waals surface area contributed by atoms with Gasteiger partial charge in [-0.2, -0.15) is 0 Å². The number of ketones is 1. The van der Waals surface area contributed by atoms with Gasteiger partial charge >= 0.3 is 0 Å². The van der Waals surface area contributed by atoms with Crippen LogP contribution in [0, 0.1) is 0 Å². The highest BCUT2D eigenvalue weighted by molar-refractivity contribution is 5.98. The van der Waals surface area contributed by atoms with Crippen molar-refractivity contribution in [2.75, 3.05) is 7.11 Å². The van der Waals surface area contributed by atoms with Gasteiger partial charge in [-0.1, -0.05) is 18.2 Å². The van der Waals surface area contributed by atoms with Gasteiger partial charge in [0.25, 0.3) is 0 Å². The first-order valence-electron chi connectivity index (χ1n) is 5.85. The van der Waals surface area contributed by atoms with E-state index in [4.69, 9.17) is 10.5 Å². The monoisotopic (exact) mass is 231 g/mol. The fraction of sp³-hybridized carbons (Fsp3) is 0.357. The second kappa shape index (κ2) is 5.04. The molecule has 0 radical (unpaired) electrons. The second-order valence-corrected chi connectivity index (χ2v) is 4.27. The molecule has 0 atom stereocenters. The summed E-state index contributed by atoms with van der Waals surface area (Å²) in [6, 6.07) is 7.76. The van der Waals surface area contributed by atoms with Crippen LogP contribution in [0.5, 0.6) is 5.75 Å². The van der Waals surface area contributed by atoms with Gasteiger partial charge in [-0.25, -0.2) is 0 Å². The summed E-state index contributed by atoms with van der Waals surface area (Å²) in [7, 11) is 1.64. The number of carbonyl (C=O) groups is 1. The van der Waals surface area contributed by atoms with E-state index < -0.39 is 0 Å². The van der Waals surface area contributed by atoms with E-state index in [-0.39, 0.29) is 5.78 Å². The highest BCUT2D eigenvalue weighted by atomic mass is 16.5. The van der Waals surface area contributed by atoms with Gasteiger partial charge in [0, 0.05) is 24.1 Å². The summed E-state index contributed by atoms with van der Waals surface area (Å²) in [6.07, 6.45) is 2.98. The van der Waals surface area contributed by atoms with Crippen LogP contribution in [0.25, 0.3) is 0 Å². The lowest BCUT2D eigenvalue weighted by molar-refractivity contribution is -0.114. The molecule has 0 unspecified atom stereocenters. The number of allylic oxidation sites excluding steroid dienone is 2. The molecule has 2 N–H and O–H groups in total. The molecule has 0 heterocycles. The van der Waals surface area contributed by atoms with E-state index in [9.17, 15) is 4.79 Å². The zero-order valence-electron chi connectivity index (χ0n) is 10.0. The Hall–Kier alpha value is -1.77. The minimum Gasteiger partial charge on any atom is -0.496 e. The lowest BCUT2D eigenvalue weighted by Crippen LogP contribution is -2.09. The molecule has 90 valence electrons. The van der Waals surface area contributed by atoms with Crippen LogP contribution in [0.15, 0.2) is 35.5 Å². The topological polar surface area (TPSA) is 52.3 Å². The van der Waals surface area contributed by atoms with Gasteiger partial charge in [-0.15, -0.1) is 0 Å². The maximum atomic E-state index is 11.6. The molecule has 2 rings (SSSR count). The van der Waals surface area contributed by atoms with Crippen LogP contribution in [0.3, 0.4) is 0 Å². The number of hydrogen-bond donors (Lipinski definition) is 1. The van der Waals surface area contributed by atoms with Crippen LogP contribution in [-0.2, 0) is 11.2 Å². The van der Waals surface area contributed by atoms with Gasteiger partial charge in [0.15, 0.2) is 5.78 Å². The van der Waals surface area contributed by atoms with E-state index in [1.807, 2.05) is 24.3 Å². The Morgan fingerprint density at radius 3 is 2.76 bits per heavy atom. The zero-order chi connectivity index (χ0) is 12.3. The van der Waals surface area contributed by atoms with E-state index in [1.165, 1.54) is 0 Å². The lowest BCUT2D eigenvalue weighted by Gasteiger charge is -2.09. The second-order valence-electron chi connectivity index (χ2n) is 4.27. The Kier molecular flexibility index (Phi) is 3.47. The van der Waals surface area contributed by atoms with E-state index >= 15 is 0 Å². The summed E-state index contributed by atoms with van der Waals surface area (Å²) in [5.74, 6) is 1.03. The first-order chi connectivity index (χ1) is 8.22. The summed E-state index contributed by atoms with van der Waals surface area (Å²) in [4.78, 5) is 11.6. The summed E-state index contributed by atoms with van der Waals surface area (Å²) in [6.45, 7) is 0. The third-order valence-corrected chi connectivity index (χ3v) is 3.13. The Morgan fingerprint density at radius 1 is 1.35 bits per heavy atom. The highest BCUT2D eigenvalue weighted by Crippen LogP contribution is 2.26. The Morgan fingerprint density at radius 2 is 2.12 bits per heavy atom. The molecule has 1 saturated carbocycles. The summed E-state index contributed by atoms with van der Waals surface area (Å²) in [5, 5.41) is 0. The van der Waals surface area contributed by atoms with Crippen molar-refractivity contribution in [3.05, 3.63) is 41.1 Å². The van der Waals surface area contributed by atoms with Crippen LogP contribution in [-0.4, -0.2) is 12.9 Å². The van der Waals surface area contributed by atoms with Crippen molar-refractivity contribution in [3.8, 4) is 5.75 Å². The van der Waals surface area contributed by atoms with Crippen molar-refractivity contribution in [1.82, 2.24) is 0 Å². The predicted molar refractivity (Wildman–Crippen MR) is 66.8 cm³/mol. The number of rotatable bonds is 3. The highest BCUT2D eigenvalue weighted by Gasteiger charge is 2.20. The van der Waals surface area contributed by atoms with Crippen molar-refractivity contribution >= 4 is 5.78 Å². The largest absolute Gasteiger partial charge is 0.496 e. The molecule has 0 saturated heterocycles. The molecule has 1 aliphatic carbocycles. The molecule has 17 heavy (non-hydrogen) atoms. The van der Waals surface area contributed by atoms with Crippen molar-refractivity contribution in [1.29, 1.82) is 0 Å². The average Bonchev–Trinajstić information content (AvgIpc) is 2.76. The molecule has 1 aromatic carbocycles. The molecule has 3 nitrogen and oxygen atoms in total. The lowest BCUT2D eigenvalue weighted by atomic mass is 10.0. The van der Waals surface area contributed by atoms with Crippen LogP contribution >= 0.6 is 0 Å². The van der Waals surface area contributed by atoms with Gasteiger partial charge in [-0.05, 0) is 24.5 Å². The molecule has 0 aliphatic heterocycles. The molecule has 3 heteroatoms. The van der Waals surface area contributed by atoms with E-state index in [2.05, 4.69) is 0 Å². The standard InChI is InChI=1S/C14H17NO2/c1-17-14-8-3-2-5-10(14)9-12(15)11-6-4-7-13(11)16/h2-3,5,8H,4,6-7,9,15H2,1H3/b12-11-. The number of methoxy groups -OCH3 is 1. The van der Waals surface area contributed by atoms with Crippen LogP contribution in [0.1, 0.15) is 24.8 Å². The van der Waals surface area contributed by atoms with Crippen LogP contribution in [0.2, 0.25) is 0 Å².